The molecule has 3 heteroatoms. The molecule has 0 atom stereocenters. The van der Waals surface area contributed by atoms with Gasteiger partial charge in [-0.3, -0.25) is 0 Å². The van der Waals surface area contributed by atoms with Crippen LogP contribution in [0.15, 0.2) is 35.7 Å². The summed E-state index contributed by atoms with van der Waals surface area (Å²) in [5, 5.41) is 4.27. The highest BCUT2D eigenvalue weighted by Crippen LogP contribution is 2.26. The third-order valence-electron chi connectivity index (χ3n) is 2.76. The number of rotatable bonds is 1. The standard InChI is InChI=1S/C14H12N2S/c1-9-7-13(14-15-10(2)8-17-14)16-12-6-4-3-5-11(9)12/h3-8H,1-2H3. The van der Waals surface area contributed by atoms with Gasteiger partial charge in [0.15, 0.2) is 0 Å². The lowest BCUT2D eigenvalue weighted by molar-refractivity contribution is 1.24. The van der Waals surface area contributed by atoms with Crippen molar-refractivity contribution in [2.75, 3.05) is 0 Å². The summed E-state index contributed by atoms with van der Waals surface area (Å²) in [7, 11) is 0. The minimum absolute atomic E-state index is 0.972. The number of benzene rings is 1. The third-order valence-corrected chi connectivity index (χ3v) is 3.74. The first-order chi connectivity index (χ1) is 8.24. The number of aromatic nitrogens is 2. The van der Waals surface area contributed by atoms with Gasteiger partial charge in [-0.2, -0.15) is 0 Å². The molecule has 2 aromatic heterocycles. The number of hydrogen-bond acceptors (Lipinski definition) is 3. The van der Waals surface area contributed by atoms with Gasteiger partial charge in [-0.05, 0) is 31.5 Å². The summed E-state index contributed by atoms with van der Waals surface area (Å²) >= 11 is 1.65. The summed E-state index contributed by atoms with van der Waals surface area (Å²) in [5.74, 6) is 0. The summed E-state index contributed by atoms with van der Waals surface area (Å²) in [6, 6.07) is 10.3. The molecule has 0 fully saturated rings. The number of aryl methyl sites for hydroxylation is 2. The van der Waals surface area contributed by atoms with E-state index in [1.807, 2.05) is 25.1 Å². The second kappa shape index (κ2) is 3.93. The molecule has 0 saturated carbocycles. The fourth-order valence-corrected chi connectivity index (χ4v) is 2.69. The predicted molar refractivity (Wildman–Crippen MR) is 72.3 cm³/mol. The predicted octanol–water partition coefficient (Wildman–Crippen LogP) is 3.98. The van der Waals surface area contributed by atoms with Crippen LogP contribution in [0.25, 0.3) is 21.6 Å². The second-order valence-electron chi connectivity index (χ2n) is 4.14. The molecule has 0 aliphatic carbocycles. The van der Waals surface area contributed by atoms with Gasteiger partial charge in [0.05, 0.1) is 11.2 Å². The van der Waals surface area contributed by atoms with E-state index in [9.17, 15) is 0 Å². The monoisotopic (exact) mass is 240 g/mol. The van der Waals surface area contributed by atoms with Crippen LogP contribution >= 0.6 is 11.3 Å². The van der Waals surface area contributed by atoms with Crippen LogP contribution in [-0.2, 0) is 0 Å². The number of nitrogens with zero attached hydrogens (tertiary/aromatic N) is 2. The molecule has 0 radical (unpaired) electrons. The van der Waals surface area contributed by atoms with Gasteiger partial charge >= 0.3 is 0 Å². The molecule has 3 rings (SSSR count). The Morgan fingerprint density at radius 3 is 2.65 bits per heavy atom. The highest BCUT2D eigenvalue weighted by atomic mass is 32.1. The Morgan fingerprint density at radius 1 is 1.06 bits per heavy atom. The number of para-hydroxylation sites is 1. The van der Waals surface area contributed by atoms with Gasteiger partial charge in [0.25, 0.3) is 0 Å². The van der Waals surface area contributed by atoms with Crippen molar-refractivity contribution in [3.63, 3.8) is 0 Å². The van der Waals surface area contributed by atoms with Crippen molar-refractivity contribution >= 4 is 22.2 Å². The molecule has 0 unspecified atom stereocenters. The lowest BCUT2D eigenvalue weighted by Crippen LogP contribution is -1.88. The fraction of sp³-hybridized carbons (Fsp3) is 0.143. The summed E-state index contributed by atoms with van der Waals surface area (Å²) in [6.07, 6.45) is 0. The normalized spacial score (nSPS) is 10.9. The van der Waals surface area contributed by atoms with E-state index in [4.69, 9.17) is 0 Å². The Balaban J connectivity index is 2.25. The van der Waals surface area contributed by atoms with E-state index in [2.05, 4.69) is 34.4 Å². The lowest BCUT2D eigenvalue weighted by atomic mass is 10.1. The highest BCUT2D eigenvalue weighted by molar-refractivity contribution is 7.13. The van der Waals surface area contributed by atoms with Crippen molar-refractivity contribution in [1.29, 1.82) is 0 Å². The van der Waals surface area contributed by atoms with Gasteiger partial charge in [-0.15, -0.1) is 11.3 Å². The van der Waals surface area contributed by atoms with Crippen molar-refractivity contribution in [3.8, 4) is 10.7 Å². The summed E-state index contributed by atoms with van der Waals surface area (Å²) in [5.41, 5.74) is 4.31. The minimum Gasteiger partial charge on any atom is -0.245 e. The van der Waals surface area contributed by atoms with Crippen LogP contribution in [0.3, 0.4) is 0 Å². The van der Waals surface area contributed by atoms with Crippen LogP contribution in [0, 0.1) is 13.8 Å². The summed E-state index contributed by atoms with van der Waals surface area (Å²) < 4.78 is 0. The first kappa shape index (κ1) is 10.4. The Hall–Kier alpha value is -1.74. The van der Waals surface area contributed by atoms with E-state index in [1.165, 1.54) is 10.9 Å². The van der Waals surface area contributed by atoms with E-state index in [1.54, 1.807) is 11.3 Å². The maximum atomic E-state index is 4.67. The SMILES string of the molecule is Cc1csc(-c2cc(C)c3ccccc3n2)n1. The van der Waals surface area contributed by atoms with E-state index >= 15 is 0 Å². The quantitative estimate of drug-likeness (QED) is 0.643. The average molecular weight is 240 g/mol. The molecule has 84 valence electrons. The second-order valence-corrected chi connectivity index (χ2v) is 4.99. The average Bonchev–Trinajstić information content (AvgIpc) is 2.76. The molecule has 1 aromatic carbocycles. The van der Waals surface area contributed by atoms with Gasteiger partial charge < -0.3 is 0 Å². The highest BCUT2D eigenvalue weighted by Gasteiger charge is 2.07. The van der Waals surface area contributed by atoms with Gasteiger partial charge in [0.1, 0.15) is 5.01 Å². The topological polar surface area (TPSA) is 25.8 Å². The molecule has 17 heavy (non-hydrogen) atoms. The van der Waals surface area contributed by atoms with Crippen molar-refractivity contribution in [2.24, 2.45) is 0 Å². The lowest BCUT2D eigenvalue weighted by Gasteiger charge is -2.03. The Morgan fingerprint density at radius 2 is 1.88 bits per heavy atom. The largest absolute Gasteiger partial charge is 0.245 e. The molecule has 0 N–H and O–H groups in total. The summed E-state index contributed by atoms with van der Waals surface area (Å²) in [4.78, 5) is 9.15. The maximum absolute atomic E-state index is 4.67. The zero-order chi connectivity index (χ0) is 11.8. The smallest absolute Gasteiger partial charge is 0.142 e. The molecule has 0 amide bonds. The molecular weight excluding hydrogens is 228 g/mol. The number of thiazole rings is 1. The zero-order valence-corrected chi connectivity index (χ0v) is 10.6. The molecule has 2 heterocycles. The number of fused-ring (bicyclic) bond motifs is 1. The molecule has 0 aliphatic rings. The van der Waals surface area contributed by atoms with Gasteiger partial charge in [-0.25, -0.2) is 9.97 Å². The molecule has 0 aliphatic heterocycles. The van der Waals surface area contributed by atoms with Crippen LogP contribution < -0.4 is 0 Å². The van der Waals surface area contributed by atoms with Crippen molar-refractivity contribution in [1.82, 2.24) is 9.97 Å². The molecule has 3 aromatic rings. The molecule has 0 spiro atoms. The van der Waals surface area contributed by atoms with Crippen LogP contribution in [0.5, 0.6) is 0 Å². The summed E-state index contributed by atoms with van der Waals surface area (Å²) in [6.45, 7) is 4.13. The van der Waals surface area contributed by atoms with E-state index in [0.29, 0.717) is 0 Å². The van der Waals surface area contributed by atoms with Gasteiger partial charge in [0.2, 0.25) is 0 Å². The number of pyridine rings is 1. The Labute approximate surface area is 104 Å². The molecule has 2 nitrogen and oxygen atoms in total. The van der Waals surface area contributed by atoms with Crippen LogP contribution in [0.1, 0.15) is 11.3 Å². The van der Waals surface area contributed by atoms with Crippen molar-refractivity contribution in [3.05, 3.63) is 47.0 Å². The first-order valence-corrected chi connectivity index (χ1v) is 6.41. The minimum atomic E-state index is 0.972. The van der Waals surface area contributed by atoms with Gasteiger partial charge in [0, 0.05) is 16.5 Å². The van der Waals surface area contributed by atoms with Crippen molar-refractivity contribution < 1.29 is 0 Å². The fourth-order valence-electron chi connectivity index (χ4n) is 1.93. The van der Waals surface area contributed by atoms with E-state index in [0.717, 1.165) is 21.9 Å². The van der Waals surface area contributed by atoms with Gasteiger partial charge in [-0.1, -0.05) is 18.2 Å². The van der Waals surface area contributed by atoms with Crippen LogP contribution in [-0.4, -0.2) is 9.97 Å². The molecule has 0 saturated heterocycles. The van der Waals surface area contributed by atoms with Crippen molar-refractivity contribution in [2.45, 2.75) is 13.8 Å². The van der Waals surface area contributed by atoms with Crippen LogP contribution in [0.2, 0.25) is 0 Å². The maximum Gasteiger partial charge on any atom is 0.142 e. The molecule has 0 bridgehead atoms. The number of hydrogen-bond donors (Lipinski definition) is 0. The Kier molecular flexibility index (Phi) is 2.41. The third kappa shape index (κ3) is 1.83. The van der Waals surface area contributed by atoms with E-state index < -0.39 is 0 Å². The molecular formula is C14H12N2S. The van der Waals surface area contributed by atoms with E-state index in [-0.39, 0.29) is 0 Å². The van der Waals surface area contributed by atoms with Crippen LogP contribution in [0.4, 0.5) is 0 Å². The zero-order valence-electron chi connectivity index (χ0n) is 9.77. The first-order valence-electron chi connectivity index (χ1n) is 5.53. The Bertz CT molecular complexity index is 686.